The highest BCUT2D eigenvalue weighted by atomic mass is 32.2. The maximum Gasteiger partial charge on any atom is 0.277 e. The minimum atomic E-state index is 0.0534. The second-order valence-corrected chi connectivity index (χ2v) is 7.32. The van der Waals surface area contributed by atoms with Crippen molar-refractivity contribution in [3.8, 4) is 5.75 Å². The molecule has 0 fully saturated rings. The van der Waals surface area contributed by atoms with Crippen molar-refractivity contribution in [1.82, 2.24) is 10.2 Å². The highest BCUT2D eigenvalue weighted by Crippen LogP contribution is 2.27. The largest absolute Gasteiger partial charge is 0.484 e. The number of aryl methyl sites for hydroxylation is 2. The van der Waals surface area contributed by atoms with E-state index in [1.165, 1.54) is 22.9 Å². The molecule has 27 heavy (non-hydrogen) atoms. The van der Waals surface area contributed by atoms with Crippen molar-refractivity contribution in [3.63, 3.8) is 0 Å². The van der Waals surface area contributed by atoms with Gasteiger partial charge in [-0.15, -0.1) is 10.2 Å². The van der Waals surface area contributed by atoms with E-state index < -0.39 is 0 Å². The number of nitrogens with zero attached hydrogens (tertiary/aromatic N) is 2. The van der Waals surface area contributed by atoms with Crippen LogP contribution < -0.4 is 10.1 Å². The Labute approximate surface area is 161 Å². The van der Waals surface area contributed by atoms with Crippen LogP contribution in [0.15, 0.2) is 52.1 Å². The molecule has 3 aromatic rings. The Balaban J connectivity index is 1.32. The van der Waals surface area contributed by atoms with Gasteiger partial charge in [0.2, 0.25) is 5.91 Å². The lowest BCUT2D eigenvalue weighted by Crippen LogP contribution is -2.18. The predicted octanol–water partition coefficient (Wildman–Crippen LogP) is 4.13. The lowest BCUT2D eigenvalue weighted by atomic mass is 10.0. The van der Waals surface area contributed by atoms with Gasteiger partial charge in [-0.2, -0.15) is 0 Å². The number of carbonyl (C=O) groups is 1. The lowest BCUT2D eigenvalue weighted by molar-refractivity contribution is -0.116. The van der Waals surface area contributed by atoms with Gasteiger partial charge in [-0.25, -0.2) is 0 Å². The molecule has 0 bridgehead atoms. The summed E-state index contributed by atoms with van der Waals surface area (Å²) in [6, 6.07) is 14.0. The van der Waals surface area contributed by atoms with Gasteiger partial charge in [-0.05, 0) is 42.7 Å². The highest BCUT2D eigenvalue weighted by Gasteiger charge is 2.15. The van der Waals surface area contributed by atoms with Gasteiger partial charge in [-0.1, -0.05) is 41.6 Å². The third kappa shape index (κ3) is 4.49. The van der Waals surface area contributed by atoms with Gasteiger partial charge in [0.1, 0.15) is 5.75 Å². The number of rotatable bonds is 6. The van der Waals surface area contributed by atoms with Crippen molar-refractivity contribution in [2.75, 3.05) is 5.32 Å². The number of amides is 1. The van der Waals surface area contributed by atoms with Crippen LogP contribution in [0.3, 0.4) is 0 Å². The van der Waals surface area contributed by atoms with Crippen LogP contribution in [0, 0.1) is 6.92 Å². The van der Waals surface area contributed by atoms with Crippen molar-refractivity contribution in [1.29, 1.82) is 0 Å². The molecule has 2 heterocycles. The van der Waals surface area contributed by atoms with Crippen LogP contribution in [0.2, 0.25) is 0 Å². The first-order valence-corrected chi connectivity index (χ1v) is 9.70. The topological polar surface area (TPSA) is 77.2 Å². The number of hydrogen-bond donors (Lipinski definition) is 1. The zero-order chi connectivity index (χ0) is 18.6. The fraction of sp³-hybridized carbons (Fsp3) is 0.250. The zero-order valence-corrected chi connectivity index (χ0v) is 15.7. The minimum absolute atomic E-state index is 0.0534. The molecule has 1 N–H and O–H groups in total. The van der Waals surface area contributed by atoms with Gasteiger partial charge < -0.3 is 14.5 Å². The monoisotopic (exact) mass is 381 g/mol. The van der Waals surface area contributed by atoms with E-state index in [4.69, 9.17) is 9.15 Å². The van der Waals surface area contributed by atoms with Gasteiger partial charge in [0, 0.05) is 17.9 Å². The zero-order valence-electron chi connectivity index (χ0n) is 14.9. The summed E-state index contributed by atoms with van der Waals surface area (Å²) in [6.07, 6.45) is 1.22. The Morgan fingerprint density at radius 1 is 1.15 bits per heavy atom. The molecule has 0 atom stereocenters. The van der Waals surface area contributed by atoms with E-state index >= 15 is 0 Å². The van der Waals surface area contributed by atoms with E-state index in [0.717, 1.165) is 29.2 Å². The molecule has 4 rings (SSSR count). The molecule has 1 aliphatic rings. The maximum atomic E-state index is 11.4. The Morgan fingerprint density at radius 3 is 2.85 bits per heavy atom. The summed E-state index contributed by atoms with van der Waals surface area (Å²) in [4.78, 5) is 11.4. The van der Waals surface area contributed by atoms with Crippen LogP contribution in [0.4, 0.5) is 5.69 Å². The molecule has 6 nitrogen and oxygen atoms in total. The van der Waals surface area contributed by atoms with E-state index in [0.29, 0.717) is 17.5 Å². The standard InChI is InChI=1S/C20H19N3O3S/c1-13-2-4-14(5-3-13)12-27-20-23-22-19(26-20)11-25-16-7-8-17-15(10-16)6-9-18(24)21-17/h2-5,7-8,10H,6,9,11-12H2,1H3,(H,21,24). The smallest absolute Gasteiger partial charge is 0.277 e. The molecule has 2 aromatic carbocycles. The molecule has 1 aromatic heterocycles. The average Bonchev–Trinajstić information content (AvgIpc) is 3.14. The van der Waals surface area contributed by atoms with E-state index in [9.17, 15) is 4.79 Å². The number of hydrogen-bond acceptors (Lipinski definition) is 6. The van der Waals surface area contributed by atoms with E-state index in [1.54, 1.807) is 0 Å². The molecular weight excluding hydrogens is 362 g/mol. The van der Waals surface area contributed by atoms with Crippen LogP contribution >= 0.6 is 11.8 Å². The third-order valence-electron chi connectivity index (χ3n) is 4.27. The first-order chi connectivity index (χ1) is 13.2. The number of nitrogens with one attached hydrogen (secondary N) is 1. The van der Waals surface area contributed by atoms with Crippen LogP contribution in [0.1, 0.15) is 29.0 Å². The second kappa shape index (κ2) is 7.84. The Kier molecular flexibility index (Phi) is 5.11. The lowest BCUT2D eigenvalue weighted by Gasteiger charge is -2.17. The van der Waals surface area contributed by atoms with Crippen molar-refractivity contribution in [2.24, 2.45) is 0 Å². The third-order valence-corrected chi connectivity index (χ3v) is 5.16. The van der Waals surface area contributed by atoms with Crippen molar-refractivity contribution < 1.29 is 13.9 Å². The number of thioether (sulfide) groups is 1. The number of aromatic nitrogens is 2. The molecule has 0 saturated carbocycles. The summed E-state index contributed by atoms with van der Waals surface area (Å²) in [7, 11) is 0. The molecule has 0 saturated heterocycles. The average molecular weight is 381 g/mol. The van der Waals surface area contributed by atoms with E-state index in [-0.39, 0.29) is 12.5 Å². The maximum absolute atomic E-state index is 11.4. The molecule has 0 radical (unpaired) electrons. The molecule has 0 spiro atoms. The highest BCUT2D eigenvalue weighted by molar-refractivity contribution is 7.98. The molecule has 1 aliphatic heterocycles. The number of benzene rings is 2. The molecule has 7 heteroatoms. The number of carbonyl (C=O) groups excluding carboxylic acids is 1. The number of fused-ring (bicyclic) bond motifs is 1. The van der Waals surface area contributed by atoms with E-state index in [1.807, 2.05) is 18.2 Å². The Hall–Kier alpha value is -2.80. The Morgan fingerprint density at radius 2 is 2.00 bits per heavy atom. The molecule has 0 aliphatic carbocycles. The first kappa shape index (κ1) is 17.6. The van der Waals surface area contributed by atoms with Crippen molar-refractivity contribution >= 4 is 23.4 Å². The fourth-order valence-corrected chi connectivity index (χ4v) is 3.52. The second-order valence-electron chi connectivity index (χ2n) is 6.39. The van der Waals surface area contributed by atoms with Crippen LogP contribution in [0.25, 0.3) is 0 Å². The van der Waals surface area contributed by atoms with Gasteiger partial charge >= 0.3 is 0 Å². The summed E-state index contributed by atoms with van der Waals surface area (Å²) in [6.45, 7) is 2.28. The summed E-state index contributed by atoms with van der Waals surface area (Å²) in [5.74, 6) is 1.99. The number of ether oxygens (including phenoxy) is 1. The fourth-order valence-electron chi connectivity index (χ4n) is 2.78. The molecule has 0 unspecified atom stereocenters. The number of anilines is 1. The predicted molar refractivity (Wildman–Crippen MR) is 103 cm³/mol. The summed E-state index contributed by atoms with van der Waals surface area (Å²) < 4.78 is 11.4. The summed E-state index contributed by atoms with van der Waals surface area (Å²) >= 11 is 1.50. The van der Waals surface area contributed by atoms with Gasteiger partial charge in [-0.3, -0.25) is 4.79 Å². The first-order valence-electron chi connectivity index (χ1n) is 8.72. The molecule has 138 valence electrons. The van der Waals surface area contributed by atoms with Crippen LogP contribution in [-0.2, 0) is 23.6 Å². The van der Waals surface area contributed by atoms with E-state index in [2.05, 4.69) is 46.7 Å². The van der Waals surface area contributed by atoms with Crippen LogP contribution in [0.5, 0.6) is 5.75 Å². The molecule has 1 amide bonds. The summed E-state index contributed by atoms with van der Waals surface area (Å²) in [5.41, 5.74) is 4.38. The summed E-state index contributed by atoms with van der Waals surface area (Å²) in [5, 5.41) is 11.5. The minimum Gasteiger partial charge on any atom is -0.484 e. The Bertz CT molecular complexity index is 953. The van der Waals surface area contributed by atoms with Crippen LogP contribution in [-0.4, -0.2) is 16.1 Å². The van der Waals surface area contributed by atoms with Gasteiger partial charge in [0.15, 0.2) is 6.61 Å². The van der Waals surface area contributed by atoms with Gasteiger partial charge in [0.25, 0.3) is 11.1 Å². The van der Waals surface area contributed by atoms with Crippen molar-refractivity contribution in [2.45, 2.75) is 37.3 Å². The SMILES string of the molecule is Cc1ccc(CSc2nnc(COc3ccc4c(c3)CCC(=O)N4)o2)cc1. The molecular formula is C20H19N3O3S. The quantitative estimate of drug-likeness (QED) is 0.647. The normalized spacial score (nSPS) is 13.1. The van der Waals surface area contributed by atoms with Crippen molar-refractivity contribution in [3.05, 3.63) is 65.0 Å². The van der Waals surface area contributed by atoms with Gasteiger partial charge in [0.05, 0.1) is 0 Å².